The van der Waals surface area contributed by atoms with Crippen molar-refractivity contribution in [2.75, 3.05) is 54.9 Å². The number of methoxy groups -OCH3 is 4. The minimum atomic E-state index is -0.606. The van der Waals surface area contributed by atoms with Gasteiger partial charge in [0.2, 0.25) is 0 Å². The predicted molar refractivity (Wildman–Crippen MR) is 284 cm³/mol. The van der Waals surface area contributed by atoms with Gasteiger partial charge in [-0.05, 0) is 97.1 Å². The number of ketones is 2. The van der Waals surface area contributed by atoms with Crippen LogP contribution < -0.4 is 59.8 Å². The Labute approximate surface area is 503 Å². The number of hydrogen-bond acceptors (Lipinski definition) is 16. The Morgan fingerprint density at radius 1 is 0.362 bits per heavy atom. The molecule has 0 bridgehead atoms. The summed E-state index contributed by atoms with van der Waals surface area (Å²) >= 11 is 0. The van der Waals surface area contributed by atoms with Crippen molar-refractivity contribution in [1.29, 1.82) is 0 Å². The molecule has 0 aliphatic carbocycles. The third-order valence-corrected chi connectivity index (χ3v) is 8.60. The topological polar surface area (TPSA) is 338 Å². The van der Waals surface area contributed by atoms with Crippen LogP contribution in [0, 0.1) is 21.7 Å². The number of carbonyl (C=O) groups excluding carboxylic acids is 2. The summed E-state index contributed by atoms with van der Waals surface area (Å²) in [5.74, 6) is -1.68. The van der Waals surface area contributed by atoms with E-state index in [1.165, 1.54) is 101 Å². The molecule has 2 heterocycles. The molecular formula is C60H78N2O16W2-12. The van der Waals surface area contributed by atoms with E-state index in [-0.39, 0.29) is 123 Å². The van der Waals surface area contributed by atoms with Crippen LogP contribution in [0.15, 0.2) is 134 Å². The van der Waals surface area contributed by atoms with Crippen molar-refractivity contribution < 1.29 is 122 Å². The number of rotatable bonds is 8. The van der Waals surface area contributed by atoms with E-state index in [2.05, 4.69) is 9.97 Å². The number of ether oxygens (including phenoxy) is 4. The standard InChI is InChI=1S/2C15H14O5.2C5H5N.4C5H11O.2O.2W/c2*1-19-9-3-5-11(13(16)7-9)15(18)12-6-4-10(20-2)8-14(12)17;2*1-2-4-6-5-3-1;4*1-5(2,3)4-6;;;;/h2*3-8,16-17H,1-2H3;2*1-5H;4*4H2,1-3H3;;;;/q;;;;4*-1;2*-2;;/p-4. The average Bonchev–Trinajstić information content (AvgIpc) is 3.39. The van der Waals surface area contributed by atoms with Crippen LogP contribution in [0.2, 0.25) is 0 Å². The second-order valence-electron chi connectivity index (χ2n) is 21.0. The second-order valence-corrected chi connectivity index (χ2v) is 21.0. The predicted octanol–water partition coefficient (Wildman–Crippen LogP) is 5.66. The van der Waals surface area contributed by atoms with Crippen LogP contribution in [0.4, 0.5) is 0 Å². The molecule has 20 heteroatoms. The molecule has 2 aromatic heterocycles. The number of nitrogens with zero attached hydrogens (tertiary/aromatic N) is 2. The molecule has 0 atom stereocenters. The van der Waals surface area contributed by atoms with Crippen LogP contribution in [0.5, 0.6) is 46.0 Å². The number of aromatic nitrogens is 2. The summed E-state index contributed by atoms with van der Waals surface area (Å²) in [5.41, 5.74) is -0.303. The number of pyridine rings is 2. The maximum atomic E-state index is 12.2. The summed E-state index contributed by atoms with van der Waals surface area (Å²) in [7, 11) is 5.70. The van der Waals surface area contributed by atoms with Crippen molar-refractivity contribution in [3.8, 4) is 46.0 Å². The van der Waals surface area contributed by atoms with Gasteiger partial charge < -0.3 is 70.8 Å². The molecule has 6 aromatic rings. The van der Waals surface area contributed by atoms with E-state index < -0.39 is 34.6 Å². The summed E-state index contributed by atoms with van der Waals surface area (Å²) in [6, 6.07) is 27.7. The van der Waals surface area contributed by atoms with Crippen LogP contribution in [0.1, 0.15) is 115 Å². The molecule has 4 aromatic carbocycles. The Balaban J connectivity index is -0.000000209. The fourth-order valence-corrected chi connectivity index (χ4v) is 4.18. The van der Waals surface area contributed by atoms with Gasteiger partial charge in [0, 0.05) is 89.2 Å². The van der Waals surface area contributed by atoms with Crippen LogP contribution in [0.3, 0.4) is 0 Å². The van der Waals surface area contributed by atoms with E-state index in [1.54, 1.807) is 24.8 Å². The molecule has 0 aliphatic rings. The first-order chi connectivity index (χ1) is 35.4. The fraction of sp³-hybridized carbons (Fsp3) is 0.400. The van der Waals surface area contributed by atoms with Gasteiger partial charge in [-0.2, -0.15) is 0 Å². The minimum Gasteiger partial charge on any atom is -2.00 e. The molecule has 448 valence electrons. The normalized spacial score (nSPS) is 9.85. The summed E-state index contributed by atoms with van der Waals surface area (Å²) < 4.78 is 19.6. The van der Waals surface area contributed by atoms with Crippen molar-refractivity contribution in [3.05, 3.63) is 156 Å². The number of benzene rings is 4. The van der Waals surface area contributed by atoms with Crippen molar-refractivity contribution in [2.24, 2.45) is 21.7 Å². The summed E-state index contributed by atoms with van der Waals surface area (Å²) in [6.45, 7) is 23.3. The van der Waals surface area contributed by atoms with E-state index in [0.29, 0.717) is 23.0 Å². The van der Waals surface area contributed by atoms with Gasteiger partial charge in [-0.25, -0.2) is 0 Å². The largest absolute Gasteiger partial charge is 2.00 e. The first-order valence-corrected chi connectivity index (χ1v) is 23.9. The second kappa shape index (κ2) is 44.8. The third-order valence-electron chi connectivity index (χ3n) is 8.60. The van der Waals surface area contributed by atoms with E-state index >= 15 is 0 Å². The van der Waals surface area contributed by atoms with E-state index in [9.17, 15) is 50.4 Å². The molecule has 80 heavy (non-hydrogen) atoms. The van der Waals surface area contributed by atoms with Crippen molar-refractivity contribution in [3.63, 3.8) is 0 Å². The Hall–Kier alpha value is -5.94. The quantitative estimate of drug-likeness (QED) is 0.166. The molecule has 0 saturated heterocycles. The number of hydrogen-bond donors (Lipinski definition) is 0. The third kappa shape index (κ3) is 41.1. The zero-order valence-electron chi connectivity index (χ0n) is 48.8. The zero-order valence-corrected chi connectivity index (χ0v) is 54.6. The van der Waals surface area contributed by atoms with E-state index in [1.807, 2.05) is 119 Å². The monoisotopic (exact) mass is 1450 g/mol. The van der Waals surface area contributed by atoms with Gasteiger partial charge in [0.1, 0.15) is 23.0 Å². The molecule has 0 amide bonds. The van der Waals surface area contributed by atoms with Gasteiger partial charge in [0.25, 0.3) is 0 Å². The summed E-state index contributed by atoms with van der Waals surface area (Å²) in [6.07, 6.45) is 7.00. The zero-order chi connectivity index (χ0) is 58.7. The molecule has 6 rings (SSSR count). The summed E-state index contributed by atoms with van der Waals surface area (Å²) in [4.78, 5) is 32.0. The van der Waals surface area contributed by atoms with Gasteiger partial charge in [-0.3, -0.25) is 19.6 Å². The maximum absolute atomic E-state index is 12.2. The number of carbonyl (C=O) groups is 2. The smallest absolute Gasteiger partial charge is 0.191 e. The summed E-state index contributed by atoms with van der Waals surface area (Å²) in [5, 5.41) is 87.1. The van der Waals surface area contributed by atoms with Crippen LogP contribution in [-0.4, -0.2) is 76.4 Å². The van der Waals surface area contributed by atoms with Gasteiger partial charge in [-0.1, -0.05) is 140 Å². The molecule has 0 unspecified atom stereocenters. The first kappa shape index (κ1) is 85.3. The Kier molecular flexibility index (Phi) is 47.7. The molecule has 0 fully saturated rings. The van der Waals surface area contributed by atoms with Gasteiger partial charge in [0.05, 0.1) is 28.4 Å². The van der Waals surface area contributed by atoms with Gasteiger partial charge in [0.15, 0.2) is 11.6 Å². The van der Waals surface area contributed by atoms with Crippen molar-refractivity contribution in [2.45, 2.75) is 83.1 Å². The van der Waals surface area contributed by atoms with Crippen LogP contribution in [-0.2, 0) is 53.1 Å². The molecule has 0 aliphatic heterocycles. The maximum Gasteiger partial charge on any atom is 0.191 e. The van der Waals surface area contributed by atoms with Crippen molar-refractivity contribution >= 4 is 11.6 Å². The molecule has 18 nitrogen and oxygen atoms in total. The minimum absolute atomic E-state index is 0. The van der Waals surface area contributed by atoms with Gasteiger partial charge in [-0.15, -0.1) is 26.4 Å². The molecule has 0 spiro atoms. The molecule has 0 saturated carbocycles. The Morgan fingerprint density at radius 3 is 0.613 bits per heavy atom. The first-order valence-electron chi connectivity index (χ1n) is 23.9. The van der Waals surface area contributed by atoms with Crippen molar-refractivity contribution in [1.82, 2.24) is 9.97 Å². The van der Waals surface area contributed by atoms with Crippen LogP contribution in [0.25, 0.3) is 0 Å². The fourth-order valence-electron chi connectivity index (χ4n) is 4.18. The Bertz CT molecular complexity index is 2140. The van der Waals surface area contributed by atoms with E-state index in [0.717, 1.165) is 0 Å². The van der Waals surface area contributed by atoms with Gasteiger partial charge >= 0.3 is 0 Å². The van der Waals surface area contributed by atoms with E-state index in [4.69, 9.17) is 18.9 Å². The molecule has 0 N–H and O–H groups in total. The van der Waals surface area contributed by atoms with Crippen LogP contribution >= 0.6 is 0 Å². The Morgan fingerprint density at radius 2 is 0.525 bits per heavy atom. The molecular weight excluding hydrogens is 1370 g/mol. The SMILES string of the molecule is CC(C)(C)C[O-].CC(C)(C)C[O-].CC(C)(C)C[O-].CC(C)(C)C[O-].COc1ccc(C(=O)c2ccc(OC)cc2[O-])c([O-])c1.COc1ccc(C(=O)c2ccc(OC)cc2[O-])c([O-])c1.[O-2].[O-2].[W].[W].c1ccncc1.c1ccncc1. The molecule has 0 radical (unpaired) electrons. The average molecular weight is 1450 g/mol.